The molecule has 2 atom stereocenters. The Kier molecular flexibility index (Phi) is 7.03. The Morgan fingerprint density at radius 3 is 1.11 bits per heavy atom. The summed E-state index contributed by atoms with van der Waals surface area (Å²) in [5, 5.41) is 8.49. The second kappa shape index (κ2) is 11.3. The van der Waals surface area contributed by atoms with Gasteiger partial charge in [0.25, 0.3) is 0 Å². The molecular formula is C40H30O4. The fourth-order valence-electron chi connectivity index (χ4n) is 6.51. The lowest BCUT2D eigenvalue weighted by atomic mass is 9.86. The van der Waals surface area contributed by atoms with E-state index in [4.69, 9.17) is 9.47 Å². The molecule has 0 spiro atoms. The van der Waals surface area contributed by atoms with E-state index < -0.39 is 24.1 Å². The van der Waals surface area contributed by atoms with Gasteiger partial charge in [0.2, 0.25) is 0 Å². The first kappa shape index (κ1) is 27.4. The number of hydrogen-bond donors (Lipinski definition) is 0. The normalized spacial score (nSPS) is 12.8. The molecule has 0 aliphatic carbocycles. The molecule has 0 amide bonds. The predicted molar refractivity (Wildman–Crippen MR) is 177 cm³/mol. The van der Waals surface area contributed by atoms with Crippen LogP contribution in [0.4, 0.5) is 0 Å². The highest BCUT2D eigenvalue weighted by Gasteiger charge is 2.30. The van der Waals surface area contributed by atoms with Crippen molar-refractivity contribution in [3.05, 3.63) is 156 Å². The summed E-state index contributed by atoms with van der Waals surface area (Å²) in [4.78, 5) is 25.5. The van der Waals surface area contributed by atoms with Crippen LogP contribution in [0.25, 0.3) is 43.1 Å². The lowest BCUT2D eigenvalue weighted by Crippen LogP contribution is -2.17. The van der Waals surface area contributed by atoms with Crippen LogP contribution in [0.2, 0.25) is 0 Å². The molecule has 0 saturated carbocycles. The third-order valence-corrected chi connectivity index (χ3v) is 8.29. The van der Waals surface area contributed by atoms with Crippen molar-refractivity contribution in [3.63, 3.8) is 0 Å². The van der Waals surface area contributed by atoms with E-state index in [0.717, 1.165) is 65.3 Å². The van der Waals surface area contributed by atoms with Gasteiger partial charge in [0.05, 0.1) is 0 Å². The van der Waals surface area contributed by atoms with Gasteiger partial charge in [-0.2, -0.15) is 0 Å². The fraction of sp³-hybridized carbons (Fsp3) is 0.100. The second-order valence-corrected chi connectivity index (χ2v) is 11.1. The van der Waals surface area contributed by atoms with Gasteiger partial charge in [-0.25, -0.2) is 0 Å². The summed E-state index contributed by atoms with van der Waals surface area (Å²) < 4.78 is 12.4. The Labute approximate surface area is 255 Å². The van der Waals surface area contributed by atoms with E-state index in [1.807, 2.05) is 72.8 Å². The molecule has 0 bridgehead atoms. The monoisotopic (exact) mass is 574 g/mol. The molecule has 0 aliphatic rings. The molecule has 7 rings (SSSR count). The van der Waals surface area contributed by atoms with Crippen LogP contribution >= 0.6 is 0 Å². The highest BCUT2D eigenvalue weighted by Crippen LogP contribution is 2.43. The lowest BCUT2D eigenvalue weighted by molar-refractivity contribution is -0.146. The minimum absolute atomic E-state index is 0.401. The van der Waals surface area contributed by atoms with Gasteiger partial charge < -0.3 is 9.47 Å². The van der Waals surface area contributed by atoms with Gasteiger partial charge in [-0.3, -0.25) is 9.59 Å². The molecule has 0 heterocycles. The smallest absolute Gasteiger partial charge is 0.303 e. The highest BCUT2D eigenvalue weighted by molar-refractivity contribution is 6.10. The standard InChI is InChI=1S/C40H30O4/c1-25(41)43-39(37-23-27-13-3-5-15-29(27)31-17-7-9-19-33(31)37)35-21-11-12-22-36(35)40(44-26(2)42)38-24-28-14-4-6-16-30(28)32-18-8-10-20-34(32)38/h3-24,39-40H,1-2H3. The maximum atomic E-state index is 12.7. The zero-order chi connectivity index (χ0) is 30.2. The first-order chi connectivity index (χ1) is 21.5. The number of fused-ring (bicyclic) bond motifs is 6. The van der Waals surface area contributed by atoms with Crippen molar-refractivity contribution in [3.8, 4) is 0 Å². The maximum absolute atomic E-state index is 12.7. The van der Waals surface area contributed by atoms with Crippen LogP contribution in [-0.4, -0.2) is 11.9 Å². The van der Waals surface area contributed by atoms with E-state index >= 15 is 0 Å². The van der Waals surface area contributed by atoms with Gasteiger partial charge in [-0.1, -0.05) is 121 Å². The van der Waals surface area contributed by atoms with Crippen LogP contribution < -0.4 is 0 Å². The summed E-state index contributed by atoms with van der Waals surface area (Å²) in [6, 6.07) is 44.8. The van der Waals surface area contributed by atoms with Gasteiger partial charge >= 0.3 is 11.9 Å². The Morgan fingerprint density at radius 2 is 0.727 bits per heavy atom. The zero-order valence-corrected chi connectivity index (χ0v) is 24.5. The van der Waals surface area contributed by atoms with Crippen molar-refractivity contribution in [1.29, 1.82) is 0 Å². The van der Waals surface area contributed by atoms with E-state index in [-0.39, 0.29) is 0 Å². The topological polar surface area (TPSA) is 52.6 Å². The molecule has 0 saturated heterocycles. The number of benzene rings is 7. The van der Waals surface area contributed by atoms with Gasteiger partial charge in [0, 0.05) is 36.1 Å². The molecule has 0 N–H and O–H groups in total. The van der Waals surface area contributed by atoms with Crippen molar-refractivity contribution in [2.45, 2.75) is 26.1 Å². The third-order valence-electron chi connectivity index (χ3n) is 8.29. The highest BCUT2D eigenvalue weighted by atomic mass is 16.5. The van der Waals surface area contributed by atoms with Crippen molar-refractivity contribution < 1.29 is 19.1 Å². The molecular weight excluding hydrogens is 544 g/mol. The molecule has 7 aromatic rings. The fourth-order valence-corrected chi connectivity index (χ4v) is 6.51. The second-order valence-electron chi connectivity index (χ2n) is 11.1. The molecule has 2 unspecified atom stereocenters. The molecule has 7 aromatic carbocycles. The average Bonchev–Trinajstić information content (AvgIpc) is 3.05. The number of esters is 2. The van der Waals surface area contributed by atoms with E-state index in [1.165, 1.54) is 13.8 Å². The van der Waals surface area contributed by atoms with Crippen molar-refractivity contribution in [1.82, 2.24) is 0 Å². The largest absolute Gasteiger partial charge is 0.453 e. The predicted octanol–water partition coefficient (Wildman–Crippen LogP) is 9.60. The minimum Gasteiger partial charge on any atom is -0.453 e. The first-order valence-electron chi connectivity index (χ1n) is 14.7. The van der Waals surface area contributed by atoms with Crippen LogP contribution in [0.3, 0.4) is 0 Å². The maximum Gasteiger partial charge on any atom is 0.303 e. The Morgan fingerprint density at radius 1 is 0.409 bits per heavy atom. The van der Waals surface area contributed by atoms with E-state index in [9.17, 15) is 9.59 Å². The van der Waals surface area contributed by atoms with Crippen LogP contribution in [0.5, 0.6) is 0 Å². The Hall–Kier alpha value is -5.48. The summed E-state index contributed by atoms with van der Waals surface area (Å²) in [6.07, 6.45) is -1.49. The van der Waals surface area contributed by atoms with Crippen molar-refractivity contribution in [2.24, 2.45) is 0 Å². The molecule has 4 heteroatoms. The summed E-state index contributed by atoms with van der Waals surface area (Å²) in [5.41, 5.74) is 3.25. The molecule has 0 aliphatic heterocycles. The third kappa shape index (κ3) is 4.84. The summed E-state index contributed by atoms with van der Waals surface area (Å²) >= 11 is 0. The number of carbonyl (C=O) groups is 2. The molecule has 0 fully saturated rings. The van der Waals surface area contributed by atoms with Crippen LogP contribution in [0, 0.1) is 0 Å². The molecule has 44 heavy (non-hydrogen) atoms. The Balaban J connectivity index is 1.51. The summed E-state index contributed by atoms with van der Waals surface area (Å²) in [6.45, 7) is 2.86. The zero-order valence-electron chi connectivity index (χ0n) is 24.5. The number of hydrogen-bond acceptors (Lipinski definition) is 4. The lowest BCUT2D eigenvalue weighted by Gasteiger charge is -2.27. The quantitative estimate of drug-likeness (QED) is 0.147. The molecule has 0 aromatic heterocycles. The summed E-state index contributed by atoms with van der Waals surface area (Å²) in [7, 11) is 0. The molecule has 4 nitrogen and oxygen atoms in total. The SMILES string of the molecule is CC(=O)OC(c1ccccc1C(OC(C)=O)c1cc2ccccc2c2ccccc12)c1cc2ccccc2c2ccccc12. The van der Waals surface area contributed by atoms with Gasteiger partial charge in [-0.05, 0) is 55.2 Å². The van der Waals surface area contributed by atoms with Gasteiger partial charge in [0.15, 0.2) is 12.2 Å². The number of rotatable bonds is 6. The number of ether oxygens (including phenoxy) is 2. The van der Waals surface area contributed by atoms with Gasteiger partial charge in [0.1, 0.15) is 0 Å². The Bertz CT molecular complexity index is 2060. The molecule has 0 radical (unpaired) electrons. The van der Waals surface area contributed by atoms with Crippen LogP contribution in [-0.2, 0) is 19.1 Å². The van der Waals surface area contributed by atoms with E-state index in [0.29, 0.717) is 0 Å². The number of carbonyl (C=O) groups excluding carboxylic acids is 2. The van der Waals surface area contributed by atoms with E-state index in [2.05, 4.69) is 60.7 Å². The first-order valence-corrected chi connectivity index (χ1v) is 14.7. The van der Waals surface area contributed by atoms with E-state index in [1.54, 1.807) is 0 Å². The van der Waals surface area contributed by atoms with Crippen molar-refractivity contribution >= 4 is 55.0 Å². The van der Waals surface area contributed by atoms with Crippen LogP contribution in [0.15, 0.2) is 133 Å². The van der Waals surface area contributed by atoms with Gasteiger partial charge in [-0.15, -0.1) is 0 Å². The molecule has 214 valence electrons. The summed E-state index contributed by atoms with van der Waals surface area (Å²) in [5.74, 6) is -0.801. The average molecular weight is 575 g/mol. The minimum atomic E-state index is -0.747. The van der Waals surface area contributed by atoms with Crippen LogP contribution in [0.1, 0.15) is 48.3 Å². The van der Waals surface area contributed by atoms with Crippen molar-refractivity contribution in [2.75, 3.05) is 0 Å².